The van der Waals surface area contributed by atoms with Crippen LogP contribution in [0.25, 0.3) is 0 Å². The van der Waals surface area contributed by atoms with E-state index in [-0.39, 0.29) is 5.41 Å². The van der Waals surface area contributed by atoms with E-state index in [0.29, 0.717) is 0 Å². The fraction of sp³-hybridized carbons (Fsp3) is 0.222. The van der Waals surface area contributed by atoms with E-state index >= 15 is 0 Å². The van der Waals surface area contributed by atoms with Crippen molar-refractivity contribution in [3.05, 3.63) is 107 Å². The minimum atomic E-state index is -3.19. The van der Waals surface area contributed by atoms with Gasteiger partial charge in [0, 0.05) is 0 Å². The van der Waals surface area contributed by atoms with Crippen molar-refractivity contribution in [1.29, 1.82) is 0 Å². The van der Waals surface area contributed by atoms with Crippen LogP contribution in [0.1, 0.15) is 34.6 Å². The summed E-state index contributed by atoms with van der Waals surface area (Å²) in [6.07, 6.45) is 0. The Morgan fingerprint density at radius 2 is 0.929 bits per heavy atom. The van der Waals surface area contributed by atoms with Crippen molar-refractivity contribution < 1.29 is 0 Å². The molecule has 3 aromatic rings. The molecule has 1 heteroatoms. The van der Waals surface area contributed by atoms with E-state index < -0.39 is 13.3 Å². The third kappa shape index (κ3) is 3.94. The summed E-state index contributed by atoms with van der Waals surface area (Å²) in [7, 11) is 0. The topological polar surface area (TPSA) is 0 Å². The molecule has 0 amide bonds. The second-order valence-electron chi connectivity index (χ2n) is 8.60. The van der Waals surface area contributed by atoms with Crippen molar-refractivity contribution in [2.24, 2.45) is 5.41 Å². The van der Waals surface area contributed by atoms with Crippen LogP contribution in [0, 0.1) is 5.41 Å². The zero-order valence-corrected chi connectivity index (χ0v) is 19.8. The fourth-order valence-corrected chi connectivity index (χ4v) is 15.6. The monoisotopic (exact) mass is 428 g/mol. The summed E-state index contributed by atoms with van der Waals surface area (Å²) < 4.78 is 5.84. The van der Waals surface area contributed by atoms with Gasteiger partial charge in [-0.3, -0.25) is 0 Å². The summed E-state index contributed by atoms with van der Waals surface area (Å²) in [5.74, 6) is 0. The molecule has 0 nitrogen and oxygen atoms in total. The average Bonchev–Trinajstić information content (AvgIpc) is 2.69. The number of allylic oxidation sites excluding steroid dienone is 1. The van der Waals surface area contributed by atoms with Crippen LogP contribution in [0.5, 0.6) is 0 Å². The van der Waals surface area contributed by atoms with Crippen LogP contribution in [0.15, 0.2) is 107 Å². The molecule has 142 valence electrons. The third-order valence-electron chi connectivity index (χ3n) is 5.12. The molecule has 0 aliphatic carbocycles. The molecule has 0 unspecified atom stereocenters. The van der Waals surface area contributed by atoms with Crippen LogP contribution in [-0.2, 0) is 0 Å². The third-order valence-corrected chi connectivity index (χ3v) is 16.1. The van der Waals surface area contributed by atoms with Gasteiger partial charge in [0.25, 0.3) is 0 Å². The van der Waals surface area contributed by atoms with E-state index in [1.54, 1.807) is 0 Å². The van der Waals surface area contributed by atoms with E-state index in [1.807, 2.05) is 0 Å². The summed E-state index contributed by atoms with van der Waals surface area (Å²) in [6.45, 7) is 11.4. The molecule has 28 heavy (non-hydrogen) atoms. The normalized spacial score (nSPS) is 11.6. The summed E-state index contributed by atoms with van der Waals surface area (Å²) in [4.78, 5) is 0. The van der Waals surface area contributed by atoms with Crippen molar-refractivity contribution >= 4 is 26.5 Å². The Morgan fingerprint density at radius 1 is 0.607 bits per heavy atom. The number of benzene rings is 3. The zero-order chi connectivity index (χ0) is 20.2. The predicted molar refractivity (Wildman–Crippen MR) is 125 cm³/mol. The maximum absolute atomic E-state index is 3.87. The Labute approximate surface area is 173 Å². The predicted octanol–water partition coefficient (Wildman–Crippen LogP) is 5.23. The number of hydrogen-bond acceptors (Lipinski definition) is 0. The van der Waals surface area contributed by atoms with Crippen molar-refractivity contribution in [3.8, 4) is 0 Å². The van der Waals surface area contributed by atoms with Gasteiger partial charge in [-0.1, -0.05) is 0 Å². The zero-order valence-electron chi connectivity index (χ0n) is 17.7. The summed E-state index contributed by atoms with van der Waals surface area (Å²) in [5, 5.41) is 0. The first-order valence-electron chi connectivity index (χ1n) is 9.98. The molecule has 0 aliphatic heterocycles. The molecule has 0 aromatic heterocycles. The Balaban J connectivity index is 2.57. The Morgan fingerprint density at radius 3 is 1.18 bits per heavy atom. The molecule has 0 saturated carbocycles. The van der Waals surface area contributed by atoms with Gasteiger partial charge in [0.1, 0.15) is 0 Å². The SMILES string of the molecule is CC(C)=C=[C](C(C)(C)C)[Ge]([c]1ccccc1)([c]1ccccc1)[c]1ccccc1. The average molecular weight is 427 g/mol. The van der Waals surface area contributed by atoms with E-state index in [4.69, 9.17) is 0 Å². The molecule has 0 aliphatic rings. The van der Waals surface area contributed by atoms with E-state index in [9.17, 15) is 0 Å². The van der Waals surface area contributed by atoms with Gasteiger partial charge >= 0.3 is 173 Å². The van der Waals surface area contributed by atoms with Crippen LogP contribution >= 0.6 is 0 Å². The van der Waals surface area contributed by atoms with Crippen LogP contribution in [0.4, 0.5) is 0 Å². The molecular weight excluding hydrogens is 397 g/mol. The number of hydrogen-bond donors (Lipinski definition) is 0. The van der Waals surface area contributed by atoms with Crippen LogP contribution < -0.4 is 13.2 Å². The molecule has 0 saturated heterocycles. The van der Waals surface area contributed by atoms with E-state index in [1.165, 1.54) is 23.2 Å². The molecular formula is C27H30Ge. The van der Waals surface area contributed by atoms with Crippen LogP contribution in [-0.4, -0.2) is 13.3 Å². The molecule has 0 spiro atoms. The maximum atomic E-state index is 3.87. The fourth-order valence-electron chi connectivity index (χ4n) is 4.09. The van der Waals surface area contributed by atoms with E-state index in [0.717, 1.165) is 0 Å². The van der Waals surface area contributed by atoms with Crippen molar-refractivity contribution in [3.63, 3.8) is 0 Å². The second-order valence-corrected chi connectivity index (χ2v) is 16.4. The van der Waals surface area contributed by atoms with Crippen LogP contribution in [0.3, 0.4) is 0 Å². The molecule has 0 heterocycles. The van der Waals surface area contributed by atoms with Gasteiger partial charge in [0.05, 0.1) is 0 Å². The quantitative estimate of drug-likeness (QED) is 0.395. The van der Waals surface area contributed by atoms with Crippen molar-refractivity contribution in [2.45, 2.75) is 34.6 Å². The van der Waals surface area contributed by atoms with Gasteiger partial charge in [-0.05, 0) is 0 Å². The molecule has 0 radical (unpaired) electrons. The van der Waals surface area contributed by atoms with Gasteiger partial charge in [0.15, 0.2) is 0 Å². The molecule has 0 atom stereocenters. The van der Waals surface area contributed by atoms with Gasteiger partial charge < -0.3 is 0 Å². The number of rotatable bonds is 4. The first kappa shape index (κ1) is 20.5. The summed E-state index contributed by atoms with van der Waals surface area (Å²) >= 11 is -3.19. The first-order valence-corrected chi connectivity index (χ1v) is 14.2. The van der Waals surface area contributed by atoms with Gasteiger partial charge in [-0.15, -0.1) is 0 Å². The first-order chi connectivity index (χ1) is 13.4. The molecule has 0 bridgehead atoms. The van der Waals surface area contributed by atoms with Crippen molar-refractivity contribution in [2.75, 3.05) is 0 Å². The van der Waals surface area contributed by atoms with E-state index in [2.05, 4.69) is 131 Å². The Kier molecular flexibility index (Phi) is 6.13. The van der Waals surface area contributed by atoms with Crippen molar-refractivity contribution in [1.82, 2.24) is 0 Å². The van der Waals surface area contributed by atoms with Crippen LogP contribution in [0.2, 0.25) is 0 Å². The minimum absolute atomic E-state index is 0.0127. The second kappa shape index (κ2) is 8.39. The van der Waals surface area contributed by atoms with Gasteiger partial charge in [-0.25, -0.2) is 0 Å². The Bertz CT molecular complexity index is 870. The standard InChI is InChI=1S/C27H30Ge/c1-22(2)21-26(27(3,4)5)28(23-15-9-6-10-16-23,24-17-11-7-12-18-24)25-19-13-8-14-20-25/h6-20H,1-5H3. The molecule has 0 fully saturated rings. The molecule has 3 rings (SSSR count). The molecule has 3 aromatic carbocycles. The van der Waals surface area contributed by atoms with Gasteiger partial charge in [-0.2, -0.15) is 0 Å². The van der Waals surface area contributed by atoms with Gasteiger partial charge in [0.2, 0.25) is 0 Å². The molecule has 0 N–H and O–H groups in total. The Hall–Kier alpha value is -2.28. The summed E-state index contributed by atoms with van der Waals surface area (Å²) in [6, 6.07) is 33.5. The summed E-state index contributed by atoms with van der Waals surface area (Å²) in [5.41, 5.74) is 5.12.